The first kappa shape index (κ1) is 38.1. The fourth-order valence-corrected chi connectivity index (χ4v) is 10.7. The number of rotatable bonds is 6. The summed E-state index contributed by atoms with van der Waals surface area (Å²) in [5.74, 6) is 1.81. The van der Waals surface area contributed by atoms with E-state index >= 15 is 0 Å². The van der Waals surface area contributed by atoms with E-state index in [1.54, 1.807) is 0 Å². The first-order chi connectivity index (χ1) is 33.7. The number of hydrogen-bond acceptors (Lipinski definition) is 3. The summed E-state index contributed by atoms with van der Waals surface area (Å²) >= 11 is 0. The molecule has 11 aromatic carbocycles. The van der Waals surface area contributed by atoms with Crippen LogP contribution in [0.3, 0.4) is 0 Å². The van der Waals surface area contributed by atoms with Crippen molar-refractivity contribution in [1.29, 1.82) is 0 Å². The summed E-state index contributed by atoms with van der Waals surface area (Å²) in [6.45, 7) is 0. The van der Waals surface area contributed by atoms with Crippen LogP contribution in [-0.2, 0) is 0 Å². The summed E-state index contributed by atoms with van der Waals surface area (Å²) in [4.78, 5) is 15.7. The number of para-hydroxylation sites is 3. The largest absolute Gasteiger partial charge is 0.309 e. The van der Waals surface area contributed by atoms with E-state index in [-0.39, 0.29) is 0 Å². The zero-order valence-corrected chi connectivity index (χ0v) is 36.8. The lowest BCUT2D eigenvalue weighted by molar-refractivity contribution is 0.955. The molecule has 0 N–H and O–H groups in total. The monoisotopic (exact) mass is 865 g/mol. The van der Waals surface area contributed by atoms with Gasteiger partial charge in [-0.15, -0.1) is 0 Å². The van der Waals surface area contributed by atoms with Crippen LogP contribution in [-0.4, -0.2) is 24.1 Å². The Morgan fingerprint density at radius 3 is 1.38 bits per heavy atom. The van der Waals surface area contributed by atoms with Crippen LogP contribution >= 0.6 is 0 Å². The van der Waals surface area contributed by atoms with Gasteiger partial charge in [0.05, 0.1) is 27.8 Å². The van der Waals surface area contributed by atoms with Crippen LogP contribution in [0.15, 0.2) is 237 Å². The van der Waals surface area contributed by atoms with Crippen LogP contribution in [0.2, 0.25) is 0 Å². The first-order valence-electron chi connectivity index (χ1n) is 23.1. The Hall–Kier alpha value is -9.19. The summed E-state index contributed by atoms with van der Waals surface area (Å²) in [5.41, 5.74) is 12.0. The number of aromatic nitrogens is 5. The van der Waals surface area contributed by atoms with Gasteiger partial charge in [-0.3, -0.25) is 4.57 Å². The van der Waals surface area contributed by atoms with Gasteiger partial charge in [-0.05, 0) is 85.4 Å². The predicted octanol–water partition coefficient (Wildman–Crippen LogP) is 16.2. The molecule has 0 aliphatic heterocycles. The van der Waals surface area contributed by atoms with Crippen molar-refractivity contribution < 1.29 is 0 Å². The topological polar surface area (TPSA) is 48.5 Å². The van der Waals surface area contributed by atoms with Gasteiger partial charge in [-0.2, -0.15) is 9.97 Å². The molecule has 14 aromatic rings. The van der Waals surface area contributed by atoms with Gasteiger partial charge in [0.2, 0.25) is 5.95 Å². The number of nitrogens with zero attached hydrogens (tertiary/aromatic N) is 5. The minimum atomic E-state index is 0.570. The third-order valence-corrected chi connectivity index (χ3v) is 13.8. The van der Waals surface area contributed by atoms with Crippen molar-refractivity contribution in [2.24, 2.45) is 0 Å². The molecule has 0 atom stereocenters. The Balaban J connectivity index is 1.02. The third kappa shape index (κ3) is 5.86. The lowest BCUT2D eigenvalue weighted by Gasteiger charge is -2.16. The van der Waals surface area contributed by atoms with E-state index in [1.165, 1.54) is 43.4 Å². The molecule has 0 amide bonds. The summed E-state index contributed by atoms with van der Waals surface area (Å²) in [6.07, 6.45) is 0. The molecule has 316 valence electrons. The average Bonchev–Trinajstić information content (AvgIpc) is 3.94. The van der Waals surface area contributed by atoms with Gasteiger partial charge in [0, 0.05) is 38.2 Å². The van der Waals surface area contributed by atoms with E-state index in [4.69, 9.17) is 15.0 Å². The Kier molecular flexibility index (Phi) is 8.52. The molecule has 0 bridgehead atoms. The molecule has 0 aliphatic rings. The maximum Gasteiger partial charge on any atom is 0.238 e. The minimum absolute atomic E-state index is 0.570. The molecule has 0 unspecified atom stereocenters. The van der Waals surface area contributed by atoms with Crippen molar-refractivity contribution in [3.05, 3.63) is 237 Å². The molecule has 68 heavy (non-hydrogen) atoms. The SMILES string of the molecule is c1ccc(-c2ccc3c4ccc(-c5ccccc5-n5c6ccccc6c6c5ccc5c7ccccc7n(-c7nc(-c8ccccc8)nc(-c8ccccc8)n7)c56)cc4c4ccccc4c3c2)cc1. The van der Waals surface area contributed by atoms with Gasteiger partial charge in [-0.1, -0.05) is 200 Å². The van der Waals surface area contributed by atoms with Crippen LogP contribution < -0.4 is 0 Å². The Bertz CT molecular complexity index is 4230. The molecule has 0 aliphatic carbocycles. The molecule has 3 aromatic heterocycles. The number of fused-ring (bicyclic) bond motifs is 13. The van der Waals surface area contributed by atoms with E-state index in [9.17, 15) is 0 Å². The predicted molar refractivity (Wildman–Crippen MR) is 283 cm³/mol. The Labute approximate surface area is 391 Å². The van der Waals surface area contributed by atoms with Crippen molar-refractivity contribution in [2.45, 2.75) is 0 Å². The van der Waals surface area contributed by atoms with E-state index in [2.05, 4.69) is 209 Å². The fraction of sp³-hybridized carbons (Fsp3) is 0. The average molecular weight is 866 g/mol. The highest BCUT2D eigenvalue weighted by atomic mass is 15.2. The Morgan fingerprint density at radius 2 is 0.735 bits per heavy atom. The highest BCUT2D eigenvalue weighted by Crippen LogP contribution is 2.45. The van der Waals surface area contributed by atoms with E-state index < -0.39 is 0 Å². The van der Waals surface area contributed by atoms with Crippen molar-refractivity contribution in [3.63, 3.8) is 0 Å². The van der Waals surface area contributed by atoms with Gasteiger partial charge in [0.1, 0.15) is 0 Å². The van der Waals surface area contributed by atoms with Gasteiger partial charge in [0.15, 0.2) is 11.6 Å². The van der Waals surface area contributed by atoms with Crippen LogP contribution in [0.4, 0.5) is 0 Å². The molecule has 0 saturated carbocycles. The second-order valence-corrected chi connectivity index (χ2v) is 17.5. The van der Waals surface area contributed by atoms with E-state index in [0.717, 1.165) is 71.6 Å². The van der Waals surface area contributed by atoms with Gasteiger partial charge in [0.25, 0.3) is 0 Å². The van der Waals surface area contributed by atoms with Crippen LogP contribution in [0, 0.1) is 0 Å². The number of benzene rings is 11. The smallest absolute Gasteiger partial charge is 0.238 e. The molecular formula is C63H39N5. The quantitative estimate of drug-likeness (QED) is 0.156. The summed E-state index contributed by atoms with van der Waals surface area (Å²) < 4.78 is 4.71. The van der Waals surface area contributed by atoms with E-state index in [1.807, 2.05) is 36.4 Å². The lowest BCUT2D eigenvalue weighted by Crippen LogP contribution is -2.06. The first-order valence-corrected chi connectivity index (χ1v) is 23.1. The van der Waals surface area contributed by atoms with Crippen LogP contribution in [0.25, 0.3) is 133 Å². The third-order valence-electron chi connectivity index (χ3n) is 13.8. The zero-order valence-electron chi connectivity index (χ0n) is 36.8. The van der Waals surface area contributed by atoms with Crippen molar-refractivity contribution >= 4 is 75.9 Å². The van der Waals surface area contributed by atoms with E-state index in [0.29, 0.717) is 17.6 Å². The molecule has 14 rings (SSSR count). The molecule has 0 fully saturated rings. The highest BCUT2D eigenvalue weighted by Gasteiger charge is 2.24. The molecule has 5 heteroatoms. The van der Waals surface area contributed by atoms with Gasteiger partial charge in [-0.25, -0.2) is 4.98 Å². The summed E-state index contributed by atoms with van der Waals surface area (Å²) in [7, 11) is 0. The van der Waals surface area contributed by atoms with Crippen molar-refractivity contribution in [3.8, 4) is 56.7 Å². The van der Waals surface area contributed by atoms with Crippen LogP contribution in [0.5, 0.6) is 0 Å². The molecular weight excluding hydrogens is 827 g/mol. The summed E-state index contributed by atoms with van der Waals surface area (Å²) in [5, 5.41) is 12.1. The van der Waals surface area contributed by atoms with Gasteiger partial charge >= 0.3 is 0 Å². The molecule has 5 nitrogen and oxygen atoms in total. The number of hydrogen-bond donors (Lipinski definition) is 0. The maximum atomic E-state index is 5.29. The van der Waals surface area contributed by atoms with Crippen molar-refractivity contribution in [2.75, 3.05) is 0 Å². The molecule has 0 spiro atoms. The second kappa shape index (κ2) is 15.2. The maximum absolute atomic E-state index is 5.29. The lowest BCUT2D eigenvalue weighted by atomic mass is 9.90. The normalized spacial score (nSPS) is 11.8. The van der Waals surface area contributed by atoms with Crippen LogP contribution in [0.1, 0.15) is 0 Å². The molecule has 0 radical (unpaired) electrons. The minimum Gasteiger partial charge on any atom is -0.309 e. The van der Waals surface area contributed by atoms with Gasteiger partial charge < -0.3 is 4.57 Å². The highest BCUT2D eigenvalue weighted by molar-refractivity contribution is 6.28. The standard InChI is InChI=1S/C63H39N5/c1-4-18-40(19-5-1)43-32-34-48-49-35-33-44(39-54(49)47-26-11-10-25-46(47)53(48)38-43)45-24-12-15-29-55(45)67-57-31-17-14-28-52(57)59-58(67)37-36-51-50-27-13-16-30-56(50)68(60(51)59)63-65-61(41-20-6-2-7-21-41)64-62(66-63)42-22-8-3-9-23-42/h1-39H. The second-order valence-electron chi connectivity index (χ2n) is 17.5. The molecule has 0 saturated heterocycles. The summed E-state index contributed by atoms with van der Waals surface area (Å²) in [6, 6.07) is 84.7. The fourth-order valence-electron chi connectivity index (χ4n) is 10.7. The zero-order chi connectivity index (χ0) is 44.7. The van der Waals surface area contributed by atoms with Crippen molar-refractivity contribution in [1.82, 2.24) is 24.1 Å². The molecule has 3 heterocycles. The Morgan fingerprint density at radius 1 is 0.265 bits per heavy atom.